The average molecular weight is 561 g/mol. The first kappa shape index (κ1) is 27.7. The van der Waals surface area contributed by atoms with Gasteiger partial charge in [-0.1, -0.05) is 42.5 Å². The van der Waals surface area contributed by atoms with Gasteiger partial charge in [-0.05, 0) is 73.2 Å². The SMILES string of the molecule is Cc1cccc(NC(=O)c2ccccc2NC(=O)C(=O)N/N=C/c2cn(-c3ccccc3)nc2-c2ccc(F)cc2)c1. The van der Waals surface area contributed by atoms with Gasteiger partial charge in [-0.2, -0.15) is 10.2 Å². The van der Waals surface area contributed by atoms with E-state index in [1.165, 1.54) is 30.5 Å². The van der Waals surface area contributed by atoms with Crippen molar-refractivity contribution in [1.82, 2.24) is 15.2 Å². The van der Waals surface area contributed by atoms with Gasteiger partial charge in [-0.3, -0.25) is 14.4 Å². The first-order valence-corrected chi connectivity index (χ1v) is 12.9. The van der Waals surface area contributed by atoms with Crippen LogP contribution in [-0.4, -0.2) is 33.7 Å². The number of rotatable bonds is 7. The minimum atomic E-state index is -1.04. The molecule has 3 amide bonds. The van der Waals surface area contributed by atoms with E-state index in [-0.39, 0.29) is 17.1 Å². The van der Waals surface area contributed by atoms with Gasteiger partial charge in [0.15, 0.2) is 0 Å². The molecular weight excluding hydrogens is 535 g/mol. The van der Waals surface area contributed by atoms with Crippen molar-refractivity contribution in [2.75, 3.05) is 10.6 Å². The predicted molar refractivity (Wildman–Crippen MR) is 159 cm³/mol. The minimum absolute atomic E-state index is 0.162. The number of carbonyl (C=O) groups is 3. The zero-order chi connectivity index (χ0) is 29.5. The van der Waals surface area contributed by atoms with E-state index < -0.39 is 17.7 Å². The number of halogens is 1. The number of nitrogens with one attached hydrogen (secondary N) is 3. The lowest BCUT2D eigenvalue weighted by atomic mass is 10.1. The molecule has 0 radical (unpaired) electrons. The molecule has 0 spiro atoms. The van der Waals surface area contributed by atoms with Crippen LogP contribution in [0.1, 0.15) is 21.5 Å². The highest BCUT2D eigenvalue weighted by atomic mass is 19.1. The van der Waals surface area contributed by atoms with Crippen LogP contribution in [0.4, 0.5) is 15.8 Å². The summed E-state index contributed by atoms with van der Waals surface area (Å²) in [5.41, 5.74) is 6.56. The maximum absolute atomic E-state index is 13.5. The molecular formula is C32H25FN6O3. The van der Waals surface area contributed by atoms with E-state index in [1.807, 2.05) is 55.5 Å². The second kappa shape index (κ2) is 12.5. The maximum Gasteiger partial charge on any atom is 0.329 e. The number of amides is 3. The topological polar surface area (TPSA) is 117 Å². The zero-order valence-corrected chi connectivity index (χ0v) is 22.4. The van der Waals surface area contributed by atoms with E-state index >= 15 is 0 Å². The fourth-order valence-electron chi connectivity index (χ4n) is 4.13. The summed E-state index contributed by atoms with van der Waals surface area (Å²) >= 11 is 0. The molecule has 9 nitrogen and oxygen atoms in total. The lowest BCUT2D eigenvalue weighted by Gasteiger charge is -2.11. The second-order valence-corrected chi connectivity index (χ2v) is 9.24. The minimum Gasteiger partial charge on any atom is -0.322 e. The van der Waals surface area contributed by atoms with Gasteiger partial charge in [-0.15, -0.1) is 0 Å². The fourth-order valence-corrected chi connectivity index (χ4v) is 4.13. The Morgan fingerprint density at radius 3 is 2.33 bits per heavy atom. The first-order chi connectivity index (χ1) is 20.4. The van der Waals surface area contributed by atoms with Gasteiger partial charge in [0.1, 0.15) is 11.5 Å². The van der Waals surface area contributed by atoms with Gasteiger partial charge in [-0.25, -0.2) is 14.5 Å². The highest BCUT2D eigenvalue weighted by Crippen LogP contribution is 2.23. The summed E-state index contributed by atoms with van der Waals surface area (Å²) in [6, 6.07) is 28.8. The number of carbonyl (C=O) groups excluding carboxylic acids is 3. The number of nitrogens with zero attached hydrogens (tertiary/aromatic N) is 3. The summed E-state index contributed by atoms with van der Waals surface area (Å²) in [5, 5.41) is 13.8. The number of hydrogen-bond acceptors (Lipinski definition) is 5. The number of benzene rings is 4. The monoisotopic (exact) mass is 560 g/mol. The van der Waals surface area contributed by atoms with Gasteiger partial charge in [0.2, 0.25) is 0 Å². The quantitative estimate of drug-likeness (QED) is 0.142. The molecule has 5 aromatic rings. The van der Waals surface area contributed by atoms with Gasteiger partial charge in [0.25, 0.3) is 5.91 Å². The average Bonchev–Trinajstić information content (AvgIpc) is 3.42. The largest absolute Gasteiger partial charge is 0.329 e. The number of hydrogen-bond donors (Lipinski definition) is 3. The molecule has 0 unspecified atom stereocenters. The molecule has 0 aliphatic heterocycles. The Hall–Kier alpha value is -5.90. The smallest absolute Gasteiger partial charge is 0.322 e. The van der Waals surface area contributed by atoms with Gasteiger partial charge < -0.3 is 10.6 Å². The van der Waals surface area contributed by atoms with Gasteiger partial charge in [0, 0.05) is 23.0 Å². The highest BCUT2D eigenvalue weighted by molar-refractivity contribution is 6.40. The third kappa shape index (κ3) is 6.62. The van der Waals surface area contributed by atoms with Crippen LogP contribution in [0, 0.1) is 12.7 Å². The number of para-hydroxylation sites is 2. The van der Waals surface area contributed by atoms with Crippen molar-refractivity contribution in [3.8, 4) is 16.9 Å². The summed E-state index contributed by atoms with van der Waals surface area (Å²) in [5.74, 6) is -2.89. The van der Waals surface area contributed by atoms with E-state index in [1.54, 1.807) is 41.2 Å². The number of anilines is 2. The highest BCUT2D eigenvalue weighted by Gasteiger charge is 2.18. The summed E-state index contributed by atoms with van der Waals surface area (Å²) < 4.78 is 15.2. The van der Waals surface area contributed by atoms with Crippen molar-refractivity contribution in [2.45, 2.75) is 6.92 Å². The number of aryl methyl sites for hydroxylation is 1. The van der Waals surface area contributed by atoms with Crippen molar-refractivity contribution in [2.24, 2.45) is 5.10 Å². The van der Waals surface area contributed by atoms with Crippen LogP contribution in [0.2, 0.25) is 0 Å². The Morgan fingerprint density at radius 2 is 1.57 bits per heavy atom. The molecule has 0 aliphatic carbocycles. The van der Waals surface area contributed by atoms with E-state index in [0.29, 0.717) is 22.5 Å². The van der Waals surface area contributed by atoms with Crippen molar-refractivity contribution in [3.05, 3.63) is 132 Å². The predicted octanol–water partition coefficient (Wildman–Crippen LogP) is 5.33. The first-order valence-electron chi connectivity index (χ1n) is 12.9. The van der Waals surface area contributed by atoms with E-state index in [0.717, 1.165) is 11.3 Å². The molecule has 0 saturated carbocycles. The van der Waals surface area contributed by atoms with Crippen LogP contribution in [0.25, 0.3) is 16.9 Å². The normalized spacial score (nSPS) is 10.8. The Labute approximate surface area is 240 Å². The van der Waals surface area contributed by atoms with E-state index in [9.17, 15) is 18.8 Å². The fraction of sp³-hybridized carbons (Fsp3) is 0.0312. The van der Waals surface area contributed by atoms with Crippen LogP contribution in [0.15, 0.2) is 114 Å². The van der Waals surface area contributed by atoms with Crippen LogP contribution >= 0.6 is 0 Å². The molecule has 0 saturated heterocycles. The van der Waals surface area contributed by atoms with Crippen molar-refractivity contribution in [1.29, 1.82) is 0 Å². The molecule has 208 valence electrons. The Balaban J connectivity index is 1.29. The van der Waals surface area contributed by atoms with Gasteiger partial charge >= 0.3 is 11.8 Å². The lowest BCUT2D eigenvalue weighted by molar-refractivity contribution is -0.136. The molecule has 0 atom stereocenters. The second-order valence-electron chi connectivity index (χ2n) is 9.24. The van der Waals surface area contributed by atoms with Crippen LogP contribution in [0.3, 0.4) is 0 Å². The molecule has 0 fully saturated rings. The third-order valence-electron chi connectivity index (χ3n) is 6.15. The lowest BCUT2D eigenvalue weighted by Crippen LogP contribution is -2.33. The maximum atomic E-state index is 13.5. The molecule has 0 aliphatic rings. The van der Waals surface area contributed by atoms with E-state index in [2.05, 4.69) is 26.3 Å². The summed E-state index contributed by atoms with van der Waals surface area (Å²) in [6.07, 6.45) is 3.05. The van der Waals surface area contributed by atoms with E-state index in [4.69, 9.17) is 0 Å². The molecule has 3 N–H and O–H groups in total. The molecule has 10 heteroatoms. The molecule has 4 aromatic carbocycles. The molecule has 0 bridgehead atoms. The number of hydrazone groups is 1. The third-order valence-corrected chi connectivity index (χ3v) is 6.15. The molecule has 1 aromatic heterocycles. The Kier molecular flexibility index (Phi) is 8.24. The Bertz CT molecular complexity index is 1780. The summed E-state index contributed by atoms with van der Waals surface area (Å²) in [4.78, 5) is 38.1. The molecule has 42 heavy (non-hydrogen) atoms. The van der Waals surface area contributed by atoms with Crippen LogP contribution in [0.5, 0.6) is 0 Å². The Morgan fingerprint density at radius 1 is 0.833 bits per heavy atom. The zero-order valence-electron chi connectivity index (χ0n) is 22.4. The van der Waals surface area contributed by atoms with Crippen LogP contribution in [-0.2, 0) is 9.59 Å². The van der Waals surface area contributed by atoms with Crippen molar-refractivity contribution >= 4 is 35.3 Å². The molecule has 1 heterocycles. The van der Waals surface area contributed by atoms with Crippen LogP contribution < -0.4 is 16.1 Å². The number of aromatic nitrogens is 2. The molecule has 5 rings (SSSR count). The van der Waals surface area contributed by atoms with Crippen molar-refractivity contribution < 1.29 is 18.8 Å². The van der Waals surface area contributed by atoms with Crippen molar-refractivity contribution in [3.63, 3.8) is 0 Å². The van der Waals surface area contributed by atoms with Gasteiger partial charge in [0.05, 0.1) is 23.2 Å². The standard InChI is InChI=1S/C32H25FN6O3/c1-21-8-7-9-25(18-21)35-30(40)27-12-5-6-13-28(27)36-31(41)32(42)37-34-19-23-20-39(26-10-3-2-4-11-26)38-29(23)22-14-16-24(33)17-15-22/h2-20H,1H3,(H,35,40)(H,36,41)(H,37,42)/b34-19+. The summed E-state index contributed by atoms with van der Waals surface area (Å²) in [6.45, 7) is 1.91. The summed E-state index contributed by atoms with van der Waals surface area (Å²) in [7, 11) is 0.